The topological polar surface area (TPSA) is 380 Å². The number of carbonyl (C=O) groups is 5. The second kappa shape index (κ2) is 37.9. The first-order valence-corrected chi connectivity index (χ1v) is 28.6. The Balaban J connectivity index is 1.68. The first-order valence-electron chi connectivity index (χ1n) is 28.6. The summed E-state index contributed by atoms with van der Waals surface area (Å²) in [7, 11) is 0. The fraction of sp³-hybridized carbons (Fsp3) is 0.907. The average Bonchev–Trinajstić information content (AvgIpc) is 3.42. The Morgan fingerprint density at radius 1 is 0.456 bits per heavy atom. The lowest BCUT2D eigenvalue weighted by Crippen LogP contribution is -2.55. The summed E-state index contributed by atoms with van der Waals surface area (Å²) < 4.78 is 39.9. The first-order chi connectivity index (χ1) is 37.7. The minimum absolute atomic E-state index is 0.0251. The monoisotopic (exact) mass is 1140 g/mol. The lowest BCUT2D eigenvalue weighted by Gasteiger charge is -2.40. The van der Waals surface area contributed by atoms with Gasteiger partial charge in [-0.1, -0.05) is 34.6 Å². The van der Waals surface area contributed by atoms with Gasteiger partial charge in [-0.15, -0.1) is 0 Å². The molecule has 6 unspecified atom stereocenters. The van der Waals surface area contributed by atoms with E-state index in [9.17, 15) is 69.9 Å². The van der Waals surface area contributed by atoms with E-state index < -0.39 is 123 Å². The Kier molecular flexibility index (Phi) is 33.7. The van der Waals surface area contributed by atoms with E-state index in [1.54, 1.807) is 20.8 Å². The lowest BCUT2D eigenvalue weighted by atomic mass is 9.82. The molecule has 3 heterocycles. The Morgan fingerprint density at radius 3 is 1.25 bits per heavy atom. The zero-order valence-corrected chi connectivity index (χ0v) is 47.3. The third-order valence-electron chi connectivity index (χ3n) is 14.9. The van der Waals surface area contributed by atoms with Crippen LogP contribution in [-0.2, 0) is 57.1 Å². The van der Waals surface area contributed by atoms with Gasteiger partial charge < -0.3 is 100 Å². The number of rotatable bonds is 40. The largest absolute Gasteiger partial charge is 0.394 e. The number of ether oxygens (including phenoxy) is 7. The number of Topliss-reactive ketones (excluding diaryl/α,β-unsaturated/α-hetero) is 1. The number of amides is 4. The van der Waals surface area contributed by atoms with E-state index in [1.807, 2.05) is 0 Å². The van der Waals surface area contributed by atoms with E-state index in [4.69, 9.17) is 33.2 Å². The number of nitrogens with one attached hydrogen (secondary N) is 4. The van der Waals surface area contributed by atoms with Crippen LogP contribution >= 0.6 is 0 Å². The Bertz CT molecular complexity index is 1600. The van der Waals surface area contributed by atoms with Crippen LogP contribution in [0.3, 0.4) is 0 Å². The van der Waals surface area contributed by atoms with Crippen LogP contribution in [0, 0.1) is 23.7 Å². The van der Waals surface area contributed by atoms with Gasteiger partial charge in [-0.25, -0.2) is 0 Å². The molecule has 3 saturated heterocycles. The number of hydrogen-bond acceptors (Lipinski definition) is 21. The van der Waals surface area contributed by atoms with Gasteiger partial charge >= 0.3 is 0 Å². The van der Waals surface area contributed by atoms with Crippen LogP contribution in [-0.4, -0.2) is 227 Å². The quantitative estimate of drug-likeness (QED) is 0.0326. The fourth-order valence-electron chi connectivity index (χ4n) is 9.48. The molecule has 79 heavy (non-hydrogen) atoms. The summed E-state index contributed by atoms with van der Waals surface area (Å²) in [6, 6.07) is 0. The molecule has 13 N–H and O–H groups in total. The molecule has 0 saturated carbocycles. The maximum Gasteiger partial charge on any atom is 0.220 e. The van der Waals surface area contributed by atoms with Crippen LogP contribution in [0.15, 0.2) is 0 Å². The molecule has 25 heteroatoms. The highest BCUT2D eigenvalue weighted by atomic mass is 16.7. The van der Waals surface area contributed by atoms with E-state index in [1.165, 1.54) is 0 Å². The van der Waals surface area contributed by atoms with Gasteiger partial charge in [0.2, 0.25) is 23.6 Å². The van der Waals surface area contributed by atoms with E-state index in [-0.39, 0.29) is 121 Å². The second-order valence-corrected chi connectivity index (χ2v) is 21.9. The van der Waals surface area contributed by atoms with Gasteiger partial charge in [0.05, 0.1) is 51.3 Å². The number of carbonyl (C=O) groups excluding carboxylic acids is 5. The van der Waals surface area contributed by atoms with Gasteiger partial charge in [0, 0.05) is 101 Å². The van der Waals surface area contributed by atoms with Crippen molar-refractivity contribution < 1.29 is 103 Å². The third kappa shape index (κ3) is 25.1. The molecule has 0 aromatic rings. The van der Waals surface area contributed by atoms with Gasteiger partial charge in [0.15, 0.2) is 18.9 Å². The number of aliphatic hydroxyl groups is 9. The van der Waals surface area contributed by atoms with E-state index in [0.717, 1.165) is 6.42 Å². The Labute approximate surface area is 465 Å². The smallest absolute Gasteiger partial charge is 0.220 e. The molecule has 3 fully saturated rings. The molecular weight excluding hydrogens is 1040 g/mol. The summed E-state index contributed by atoms with van der Waals surface area (Å²) in [6.07, 6.45) is -9.86. The molecule has 3 aliphatic heterocycles. The standard InChI is InChI=1S/C54H98N4O21/c1-33(2)18-29-73-25-9-22-55-41(63)13-8-14-44(66)58-54(19-15-37(62)12-6-7-26-74-51-34(3)45(67)48(70)38(30-59)77-51,20-16-42(64)56-23-10-27-75-52-35(4)46(68)49(71)39(31-60)78-52)21-17-43(65)57-24-11-28-76-53-36(5)47(69)50(72)40(32-61)79-53/h33-36,38-40,45-53,59-61,67-72H,6-32H2,1-5H3,(H,55,63)(H,56,64)(H,57,65)(H,58,66)/t34?,35?,36?,38?,39?,40?,45-,46-,47-,48+,49+,50+,51-,52-,53-,54?/m1/s1. The summed E-state index contributed by atoms with van der Waals surface area (Å²) >= 11 is 0. The molecule has 15 atom stereocenters. The van der Waals surface area contributed by atoms with Crippen LogP contribution in [0.4, 0.5) is 0 Å². The van der Waals surface area contributed by atoms with E-state index in [2.05, 4.69) is 35.1 Å². The van der Waals surface area contributed by atoms with Crippen LogP contribution in [0.1, 0.15) is 137 Å². The van der Waals surface area contributed by atoms with Crippen molar-refractivity contribution in [3.8, 4) is 0 Å². The van der Waals surface area contributed by atoms with Gasteiger partial charge in [-0.3, -0.25) is 24.0 Å². The summed E-state index contributed by atoms with van der Waals surface area (Å²) in [5.74, 6) is -2.85. The van der Waals surface area contributed by atoms with Crippen molar-refractivity contribution in [1.29, 1.82) is 0 Å². The minimum atomic E-state index is -1.28. The second-order valence-electron chi connectivity index (χ2n) is 21.9. The predicted molar refractivity (Wildman–Crippen MR) is 283 cm³/mol. The van der Waals surface area contributed by atoms with Gasteiger partial charge in [0.1, 0.15) is 42.4 Å². The summed E-state index contributed by atoms with van der Waals surface area (Å²) in [5.41, 5.74) is -1.25. The summed E-state index contributed by atoms with van der Waals surface area (Å²) in [5, 5.41) is 102. The Hall–Kier alpha value is -3.09. The molecule has 0 aromatic carbocycles. The molecule has 0 radical (unpaired) electrons. The van der Waals surface area contributed by atoms with Gasteiger partial charge in [0.25, 0.3) is 0 Å². The molecule has 25 nitrogen and oxygen atoms in total. The molecular formula is C54H98N4O21. The summed E-state index contributed by atoms with van der Waals surface area (Å²) in [6.45, 7) is 9.87. The lowest BCUT2D eigenvalue weighted by molar-refractivity contribution is -0.282. The minimum Gasteiger partial charge on any atom is -0.394 e. The van der Waals surface area contributed by atoms with Crippen LogP contribution < -0.4 is 21.3 Å². The molecule has 0 aromatic heterocycles. The number of ketones is 1. The van der Waals surface area contributed by atoms with Crippen molar-refractivity contribution in [2.45, 2.75) is 217 Å². The number of hydrogen-bond donors (Lipinski definition) is 13. The van der Waals surface area contributed by atoms with Crippen LogP contribution in [0.25, 0.3) is 0 Å². The van der Waals surface area contributed by atoms with Gasteiger partial charge in [-0.2, -0.15) is 0 Å². The zero-order valence-electron chi connectivity index (χ0n) is 47.3. The molecule has 0 spiro atoms. The Morgan fingerprint density at radius 2 is 0.835 bits per heavy atom. The SMILES string of the molecule is CC(C)CCOCCCNC(=O)CCCC(=O)NC(CCC(=O)CCCCO[C@@H]1OC(CO)[C@H](O)[C@H](O)C1C)(CCC(=O)NCCCO[C@@H]1OC(CO)[C@H](O)[C@H](O)C1C)CCC(=O)NCCCO[C@@H]1OC(CO)[C@H](O)[C@H](O)C1C. The van der Waals surface area contributed by atoms with Gasteiger partial charge in [-0.05, 0) is 70.1 Å². The normalized spacial score (nSPS) is 29.9. The maximum atomic E-state index is 13.9. The third-order valence-corrected chi connectivity index (χ3v) is 14.9. The molecule has 0 aliphatic carbocycles. The van der Waals surface area contributed by atoms with Crippen molar-refractivity contribution in [1.82, 2.24) is 21.3 Å². The van der Waals surface area contributed by atoms with Crippen molar-refractivity contribution >= 4 is 29.4 Å². The maximum absolute atomic E-state index is 13.9. The van der Waals surface area contributed by atoms with Crippen LogP contribution in [0.5, 0.6) is 0 Å². The summed E-state index contributed by atoms with van der Waals surface area (Å²) in [4.78, 5) is 67.1. The zero-order chi connectivity index (χ0) is 58.5. The van der Waals surface area contributed by atoms with Crippen molar-refractivity contribution in [2.24, 2.45) is 23.7 Å². The molecule has 3 rings (SSSR count). The van der Waals surface area contributed by atoms with E-state index in [0.29, 0.717) is 57.8 Å². The predicted octanol–water partition coefficient (Wildman–Crippen LogP) is -1.05. The van der Waals surface area contributed by atoms with Crippen LogP contribution in [0.2, 0.25) is 0 Å². The van der Waals surface area contributed by atoms with Crippen molar-refractivity contribution in [3.05, 3.63) is 0 Å². The first kappa shape index (κ1) is 70.2. The van der Waals surface area contributed by atoms with Crippen molar-refractivity contribution in [2.75, 3.05) is 72.5 Å². The molecule has 0 bridgehead atoms. The molecule has 460 valence electrons. The highest BCUT2D eigenvalue weighted by molar-refractivity contribution is 5.81. The molecule has 4 amide bonds. The number of aliphatic hydroxyl groups excluding tert-OH is 9. The molecule has 3 aliphatic rings. The number of unbranched alkanes of at least 4 members (excludes halogenated alkanes) is 1. The highest BCUT2D eigenvalue weighted by Gasteiger charge is 2.45. The highest BCUT2D eigenvalue weighted by Crippen LogP contribution is 2.31. The fourth-order valence-corrected chi connectivity index (χ4v) is 9.48. The average molecular weight is 1140 g/mol. The van der Waals surface area contributed by atoms with E-state index >= 15 is 0 Å². The van der Waals surface area contributed by atoms with Crippen molar-refractivity contribution in [3.63, 3.8) is 0 Å².